The quantitative estimate of drug-likeness (QED) is 0.250. The Morgan fingerprint density at radius 1 is 1.00 bits per heavy atom. The lowest BCUT2D eigenvalue weighted by molar-refractivity contribution is -0.384. The van der Waals surface area contributed by atoms with E-state index in [4.69, 9.17) is 16.6 Å². The van der Waals surface area contributed by atoms with Crippen molar-refractivity contribution in [1.82, 2.24) is 20.2 Å². The van der Waals surface area contributed by atoms with Crippen LogP contribution < -0.4 is 5.32 Å². The molecule has 1 N–H and O–H groups in total. The maximum absolute atomic E-state index is 11.0. The van der Waals surface area contributed by atoms with Gasteiger partial charge in [-0.2, -0.15) is 0 Å². The summed E-state index contributed by atoms with van der Waals surface area (Å²) in [7, 11) is 0. The molecule has 4 heterocycles. The average molecular weight is 458 g/mol. The molecule has 0 saturated carbocycles. The zero-order valence-electron chi connectivity index (χ0n) is 17.4. The molecule has 3 aromatic heterocycles. The van der Waals surface area contributed by atoms with Crippen LogP contribution in [0.5, 0.6) is 0 Å². The maximum Gasteiger partial charge on any atom is 0.269 e. The van der Waals surface area contributed by atoms with E-state index in [1.54, 1.807) is 24.5 Å². The SMILES string of the molecule is O=[N+]([O-])c1ccc(-c2ccc([C@@H]3[C@@H](c4ccccn4)NC(=S)N3Cc3ccccn3)o2)cc1. The number of nitro groups is 1. The van der Waals surface area contributed by atoms with Crippen LogP contribution in [0.2, 0.25) is 0 Å². The van der Waals surface area contributed by atoms with Gasteiger partial charge < -0.3 is 14.6 Å². The van der Waals surface area contributed by atoms with Gasteiger partial charge in [0.15, 0.2) is 5.11 Å². The smallest absolute Gasteiger partial charge is 0.269 e. The molecular weight excluding hydrogens is 438 g/mol. The summed E-state index contributed by atoms with van der Waals surface area (Å²) in [6.07, 6.45) is 3.51. The highest BCUT2D eigenvalue weighted by molar-refractivity contribution is 7.80. The Kier molecular flexibility index (Phi) is 5.54. The average Bonchev–Trinajstić information content (AvgIpc) is 3.45. The van der Waals surface area contributed by atoms with Crippen molar-refractivity contribution in [1.29, 1.82) is 0 Å². The van der Waals surface area contributed by atoms with Crippen molar-refractivity contribution in [3.05, 3.63) is 112 Å². The van der Waals surface area contributed by atoms with Gasteiger partial charge in [0.1, 0.15) is 17.6 Å². The first-order valence-electron chi connectivity index (χ1n) is 10.3. The van der Waals surface area contributed by atoms with E-state index in [0.717, 1.165) is 17.0 Å². The third-order valence-electron chi connectivity index (χ3n) is 5.54. The number of nitro benzene ring substituents is 1. The van der Waals surface area contributed by atoms with Crippen molar-refractivity contribution in [2.75, 3.05) is 0 Å². The Morgan fingerprint density at radius 2 is 1.76 bits per heavy atom. The van der Waals surface area contributed by atoms with E-state index in [0.29, 0.717) is 23.2 Å². The molecule has 1 aromatic carbocycles. The predicted molar refractivity (Wildman–Crippen MR) is 126 cm³/mol. The van der Waals surface area contributed by atoms with E-state index in [2.05, 4.69) is 20.2 Å². The number of furan rings is 1. The summed E-state index contributed by atoms with van der Waals surface area (Å²) in [5.74, 6) is 1.33. The van der Waals surface area contributed by atoms with Crippen molar-refractivity contribution in [3.63, 3.8) is 0 Å². The van der Waals surface area contributed by atoms with Crippen LogP contribution in [-0.2, 0) is 6.54 Å². The zero-order chi connectivity index (χ0) is 22.8. The minimum Gasteiger partial charge on any atom is -0.459 e. The second-order valence-corrected chi connectivity index (χ2v) is 7.97. The molecule has 0 aliphatic carbocycles. The van der Waals surface area contributed by atoms with Crippen LogP contribution in [0.25, 0.3) is 11.3 Å². The van der Waals surface area contributed by atoms with E-state index in [-0.39, 0.29) is 17.8 Å². The summed E-state index contributed by atoms with van der Waals surface area (Å²) in [6, 6.07) is 21.2. The largest absolute Gasteiger partial charge is 0.459 e. The van der Waals surface area contributed by atoms with Gasteiger partial charge in [-0.05, 0) is 60.7 Å². The van der Waals surface area contributed by atoms with Gasteiger partial charge in [0.2, 0.25) is 0 Å². The molecular formula is C24H19N5O3S. The molecule has 0 unspecified atom stereocenters. The topological polar surface area (TPSA) is 97.3 Å². The monoisotopic (exact) mass is 457 g/mol. The van der Waals surface area contributed by atoms with Crippen LogP contribution in [0.15, 0.2) is 89.6 Å². The van der Waals surface area contributed by atoms with Gasteiger partial charge in [0.25, 0.3) is 5.69 Å². The fourth-order valence-electron chi connectivity index (χ4n) is 3.97. The van der Waals surface area contributed by atoms with Gasteiger partial charge in [-0.15, -0.1) is 0 Å². The van der Waals surface area contributed by atoms with Crippen molar-refractivity contribution < 1.29 is 9.34 Å². The Hall–Kier alpha value is -4.11. The Balaban J connectivity index is 1.51. The molecule has 0 bridgehead atoms. The van der Waals surface area contributed by atoms with Crippen LogP contribution in [0.4, 0.5) is 5.69 Å². The zero-order valence-corrected chi connectivity index (χ0v) is 18.2. The predicted octanol–water partition coefficient (Wildman–Crippen LogP) is 4.82. The molecule has 8 nitrogen and oxygen atoms in total. The molecule has 9 heteroatoms. The van der Waals surface area contributed by atoms with E-state index < -0.39 is 4.92 Å². The summed E-state index contributed by atoms with van der Waals surface area (Å²) in [4.78, 5) is 21.6. The molecule has 164 valence electrons. The van der Waals surface area contributed by atoms with E-state index in [1.165, 1.54) is 12.1 Å². The fraction of sp³-hybridized carbons (Fsp3) is 0.125. The third-order valence-corrected chi connectivity index (χ3v) is 5.89. The summed E-state index contributed by atoms with van der Waals surface area (Å²) in [5.41, 5.74) is 2.52. The number of pyridine rings is 2. The minimum atomic E-state index is -0.421. The normalized spacial score (nSPS) is 17.7. The molecule has 1 aliphatic rings. The molecule has 4 aromatic rings. The Bertz CT molecular complexity index is 1280. The summed E-state index contributed by atoms with van der Waals surface area (Å²) in [6.45, 7) is 0.508. The van der Waals surface area contributed by atoms with Crippen molar-refractivity contribution in [3.8, 4) is 11.3 Å². The number of nitrogens with one attached hydrogen (secondary N) is 1. The van der Waals surface area contributed by atoms with Crippen LogP contribution in [0.1, 0.15) is 29.2 Å². The number of hydrogen-bond donors (Lipinski definition) is 1. The summed E-state index contributed by atoms with van der Waals surface area (Å²) < 4.78 is 6.26. The van der Waals surface area contributed by atoms with Gasteiger partial charge in [-0.3, -0.25) is 20.1 Å². The fourth-order valence-corrected chi connectivity index (χ4v) is 4.27. The third kappa shape index (κ3) is 4.18. The summed E-state index contributed by atoms with van der Waals surface area (Å²) >= 11 is 5.69. The number of rotatable bonds is 6. The Morgan fingerprint density at radius 3 is 2.42 bits per heavy atom. The molecule has 0 amide bonds. The van der Waals surface area contributed by atoms with Gasteiger partial charge in [0.05, 0.1) is 28.9 Å². The molecule has 5 rings (SSSR count). The van der Waals surface area contributed by atoms with E-state index in [9.17, 15) is 10.1 Å². The lowest BCUT2D eigenvalue weighted by atomic mass is 10.0. The van der Waals surface area contributed by atoms with Crippen LogP contribution in [-0.4, -0.2) is 24.9 Å². The van der Waals surface area contributed by atoms with Gasteiger partial charge in [-0.1, -0.05) is 12.1 Å². The van der Waals surface area contributed by atoms with Crippen LogP contribution in [0, 0.1) is 10.1 Å². The molecule has 1 fully saturated rings. The first-order valence-corrected chi connectivity index (χ1v) is 10.7. The van der Waals surface area contributed by atoms with Crippen molar-refractivity contribution in [2.24, 2.45) is 0 Å². The molecule has 2 atom stereocenters. The Labute approximate surface area is 195 Å². The first-order chi connectivity index (χ1) is 16.1. The number of benzene rings is 1. The standard InChI is InChI=1S/C24H19N5O3S/c30-29(31)18-9-7-16(8-10-18)20-11-12-21(32-20)23-22(19-6-2-4-14-26-19)27-24(33)28(23)15-17-5-1-3-13-25-17/h1-14,22-23H,15H2,(H,27,33)/t22-,23-/m1/s1. The molecule has 0 radical (unpaired) electrons. The molecule has 1 saturated heterocycles. The molecule has 0 spiro atoms. The second kappa shape index (κ2) is 8.79. The molecule has 1 aliphatic heterocycles. The lowest BCUT2D eigenvalue weighted by Crippen LogP contribution is -2.29. The van der Waals surface area contributed by atoms with Gasteiger partial charge >= 0.3 is 0 Å². The van der Waals surface area contributed by atoms with Crippen LogP contribution >= 0.6 is 12.2 Å². The molecule has 33 heavy (non-hydrogen) atoms. The number of non-ortho nitro benzene ring substituents is 1. The number of aromatic nitrogens is 2. The highest BCUT2D eigenvalue weighted by Gasteiger charge is 2.41. The van der Waals surface area contributed by atoms with Crippen molar-refractivity contribution >= 4 is 23.0 Å². The number of thiocarbonyl (C=S) groups is 1. The lowest BCUT2D eigenvalue weighted by Gasteiger charge is -2.25. The highest BCUT2D eigenvalue weighted by Crippen LogP contribution is 2.41. The van der Waals surface area contributed by atoms with Gasteiger partial charge in [-0.25, -0.2) is 0 Å². The van der Waals surface area contributed by atoms with Crippen molar-refractivity contribution in [2.45, 2.75) is 18.6 Å². The van der Waals surface area contributed by atoms with Crippen LogP contribution in [0.3, 0.4) is 0 Å². The first kappa shape index (κ1) is 20.8. The van der Waals surface area contributed by atoms with E-state index in [1.807, 2.05) is 48.5 Å². The number of nitrogens with zero attached hydrogens (tertiary/aromatic N) is 4. The van der Waals surface area contributed by atoms with Gasteiger partial charge in [0, 0.05) is 30.1 Å². The highest BCUT2D eigenvalue weighted by atomic mass is 32.1. The maximum atomic E-state index is 11.0. The number of hydrogen-bond acceptors (Lipinski definition) is 6. The summed E-state index contributed by atoms with van der Waals surface area (Å²) in [5, 5.41) is 14.9. The minimum absolute atomic E-state index is 0.0348. The second-order valence-electron chi connectivity index (χ2n) is 7.58. The van der Waals surface area contributed by atoms with E-state index >= 15 is 0 Å².